The van der Waals surface area contributed by atoms with Gasteiger partial charge >= 0.3 is 6.18 Å². The van der Waals surface area contributed by atoms with Crippen molar-refractivity contribution in [2.24, 2.45) is 0 Å². The number of alkyl halides is 3. The Hall–Kier alpha value is -1.72. The predicted octanol–water partition coefficient (Wildman–Crippen LogP) is 4.16. The van der Waals surface area contributed by atoms with Crippen molar-refractivity contribution in [3.8, 4) is 0 Å². The number of hydrogen-bond acceptors (Lipinski definition) is 3. The van der Waals surface area contributed by atoms with Gasteiger partial charge in [-0.3, -0.25) is 4.79 Å². The Balaban J connectivity index is 0.000000491. The van der Waals surface area contributed by atoms with Gasteiger partial charge in [0.1, 0.15) is 0 Å². The summed E-state index contributed by atoms with van der Waals surface area (Å²) in [6.07, 6.45) is 0.163. The molecule has 0 amide bonds. The molecule has 6 heteroatoms. The first-order chi connectivity index (χ1) is 9.88. The van der Waals surface area contributed by atoms with Gasteiger partial charge in [0.15, 0.2) is 0 Å². The van der Waals surface area contributed by atoms with E-state index in [1.807, 2.05) is 6.92 Å². The van der Waals surface area contributed by atoms with Gasteiger partial charge in [-0.25, -0.2) is 0 Å². The summed E-state index contributed by atoms with van der Waals surface area (Å²) in [6, 6.07) is 4.21. The Morgan fingerprint density at radius 3 is 2.33 bits per heavy atom. The number of nitrogens with one attached hydrogen (secondary N) is 1. The highest BCUT2D eigenvalue weighted by Crippen LogP contribution is 2.33. The quantitative estimate of drug-likeness (QED) is 0.852. The topological polar surface area (TPSA) is 38.3 Å². The maximum Gasteiger partial charge on any atom is 0.416 e. The van der Waals surface area contributed by atoms with Crippen molar-refractivity contribution in [1.82, 2.24) is 0 Å². The molecule has 0 bridgehead atoms. The van der Waals surface area contributed by atoms with Crippen LogP contribution in [0.5, 0.6) is 0 Å². The van der Waals surface area contributed by atoms with E-state index in [1.54, 1.807) is 0 Å². The Labute approximate surface area is 122 Å². The fraction of sp³-hybridized carbons (Fsp3) is 0.533. The molecule has 118 valence electrons. The van der Waals surface area contributed by atoms with Gasteiger partial charge in [-0.2, -0.15) is 13.2 Å². The molecule has 0 atom stereocenters. The summed E-state index contributed by atoms with van der Waals surface area (Å²) in [5.41, 5.74) is 0.903. The van der Waals surface area contributed by atoms with Crippen molar-refractivity contribution in [3.63, 3.8) is 0 Å². The molecule has 0 radical (unpaired) electrons. The molecule has 0 unspecified atom stereocenters. The fourth-order valence-corrected chi connectivity index (χ4v) is 2.24. The Kier molecular flexibility index (Phi) is 6.52. The summed E-state index contributed by atoms with van der Waals surface area (Å²) < 4.78 is 41.6. The van der Waals surface area contributed by atoms with Gasteiger partial charge in [0.25, 0.3) is 6.47 Å². The Morgan fingerprint density at radius 1 is 1.29 bits per heavy atom. The van der Waals surface area contributed by atoms with Crippen molar-refractivity contribution in [1.29, 1.82) is 0 Å². The second-order valence-corrected chi connectivity index (χ2v) is 4.99. The zero-order chi connectivity index (χ0) is 15.9. The summed E-state index contributed by atoms with van der Waals surface area (Å²) in [7, 11) is 1.31. The summed E-state index contributed by atoms with van der Waals surface area (Å²) in [6.45, 7) is 2.21. The van der Waals surface area contributed by atoms with Crippen LogP contribution in [0.15, 0.2) is 18.2 Å². The molecule has 1 aliphatic carbocycles. The van der Waals surface area contributed by atoms with E-state index in [1.165, 1.54) is 19.2 Å². The summed E-state index contributed by atoms with van der Waals surface area (Å²) >= 11 is 0. The van der Waals surface area contributed by atoms with Crippen molar-refractivity contribution >= 4 is 12.2 Å². The van der Waals surface area contributed by atoms with Gasteiger partial charge in [-0.05, 0) is 37.5 Å². The monoisotopic (exact) mass is 303 g/mol. The summed E-state index contributed by atoms with van der Waals surface area (Å²) in [4.78, 5) is 8.95. The number of carbonyl (C=O) groups excluding carboxylic acids is 1. The lowest BCUT2D eigenvalue weighted by Crippen LogP contribution is -2.16. The molecule has 2 rings (SSSR count). The molecule has 1 aliphatic rings. The van der Waals surface area contributed by atoms with Gasteiger partial charge < -0.3 is 10.1 Å². The number of carbonyl (C=O) groups is 1. The van der Waals surface area contributed by atoms with Crippen LogP contribution < -0.4 is 5.32 Å². The van der Waals surface area contributed by atoms with Crippen LogP contribution in [0, 0.1) is 6.92 Å². The van der Waals surface area contributed by atoms with Crippen LogP contribution in [-0.2, 0) is 15.7 Å². The largest absolute Gasteiger partial charge is 0.471 e. The van der Waals surface area contributed by atoms with Crippen LogP contribution in [0.4, 0.5) is 18.9 Å². The smallest absolute Gasteiger partial charge is 0.416 e. The first-order valence-electron chi connectivity index (χ1n) is 6.79. The third-order valence-electron chi connectivity index (χ3n) is 3.38. The maximum absolute atomic E-state index is 12.6. The van der Waals surface area contributed by atoms with E-state index in [0.29, 0.717) is 18.2 Å². The fourth-order valence-electron chi connectivity index (χ4n) is 2.24. The molecule has 1 fully saturated rings. The number of anilines is 1. The Morgan fingerprint density at radius 2 is 1.86 bits per heavy atom. The molecular weight excluding hydrogens is 283 g/mol. The average molecular weight is 303 g/mol. The van der Waals surface area contributed by atoms with Gasteiger partial charge in [-0.15, -0.1) is 0 Å². The molecule has 1 saturated carbocycles. The van der Waals surface area contributed by atoms with E-state index in [0.717, 1.165) is 37.3 Å². The zero-order valence-electron chi connectivity index (χ0n) is 12.2. The first kappa shape index (κ1) is 17.3. The van der Waals surface area contributed by atoms with Crippen molar-refractivity contribution in [2.75, 3.05) is 12.4 Å². The number of benzene rings is 1. The van der Waals surface area contributed by atoms with E-state index in [4.69, 9.17) is 4.79 Å². The van der Waals surface area contributed by atoms with Crippen molar-refractivity contribution < 1.29 is 22.7 Å². The minimum absolute atomic E-state index is 0.331. The molecule has 1 aromatic carbocycles. The van der Waals surface area contributed by atoms with Crippen molar-refractivity contribution in [2.45, 2.75) is 44.8 Å². The molecule has 0 spiro atoms. The second-order valence-electron chi connectivity index (χ2n) is 4.99. The van der Waals surface area contributed by atoms with Gasteiger partial charge in [0.05, 0.1) is 12.7 Å². The highest BCUT2D eigenvalue weighted by atomic mass is 19.4. The van der Waals surface area contributed by atoms with E-state index in [9.17, 15) is 13.2 Å². The minimum Gasteiger partial charge on any atom is -0.471 e. The number of rotatable bonds is 3. The van der Waals surface area contributed by atoms with Crippen LogP contribution in [0.1, 0.15) is 36.8 Å². The molecule has 1 aromatic rings. The van der Waals surface area contributed by atoms with E-state index in [-0.39, 0.29) is 0 Å². The number of methoxy groups -OCH3 is 1. The second kappa shape index (κ2) is 7.90. The highest BCUT2D eigenvalue weighted by molar-refractivity contribution is 5.54. The standard InChI is InChI=1S/C13H16F3N.C2H4O2/c1-9-6-7-10(13(14,15)16)8-12(9)17-11-4-2-3-5-11;1-4-2-3/h6-8,11,17H,2-5H2,1H3;2H,1H3. The van der Waals surface area contributed by atoms with Gasteiger partial charge in [0.2, 0.25) is 0 Å². The highest BCUT2D eigenvalue weighted by Gasteiger charge is 2.31. The van der Waals surface area contributed by atoms with E-state index < -0.39 is 11.7 Å². The molecule has 1 N–H and O–H groups in total. The molecule has 21 heavy (non-hydrogen) atoms. The minimum atomic E-state index is -4.26. The SMILES string of the molecule is COC=O.Cc1ccc(C(F)(F)F)cc1NC1CCCC1. The lowest BCUT2D eigenvalue weighted by atomic mass is 10.1. The van der Waals surface area contributed by atoms with Gasteiger partial charge in [0, 0.05) is 11.7 Å². The third kappa shape index (κ3) is 5.65. The lowest BCUT2D eigenvalue weighted by Gasteiger charge is -2.17. The number of ether oxygens (including phenoxy) is 1. The molecule has 3 nitrogen and oxygen atoms in total. The van der Waals surface area contributed by atoms with E-state index in [2.05, 4.69) is 10.1 Å². The third-order valence-corrected chi connectivity index (χ3v) is 3.38. The average Bonchev–Trinajstić information content (AvgIpc) is 2.93. The zero-order valence-corrected chi connectivity index (χ0v) is 12.2. The van der Waals surface area contributed by atoms with E-state index >= 15 is 0 Å². The maximum atomic E-state index is 12.6. The molecular formula is C15H20F3NO2. The summed E-state index contributed by atoms with van der Waals surface area (Å²) in [5.74, 6) is 0. The predicted molar refractivity (Wildman–Crippen MR) is 75.1 cm³/mol. The first-order valence-corrected chi connectivity index (χ1v) is 6.79. The Bertz CT molecular complexity index is 455. The lowest BCUT2D eigenvalue weighted by molar-refractivity contribution is -0.137. The molecule has 0 aliphatic heterocycles. The van der Waals surface area contributed by atoms with Crippen LogP contribution in [0.25, 0.3) is 0 Å². The molecule has 0 heterocycles. The number of hydrogen-bond donors (Lipinski definition) is 1. The van der Waals surface area contributed by atoms with Crippen LogP contribution >= 0.6 is 0 Å². The summed E-state index contributed by atoms with van der Waals surface area (Å²) in [5, 5.41) is 3.22. The number of halogens is 3. The normalized spacial score (nSPS) is 15.1. The van der Waals surface area contributed by atoms with Crippen LogP contribution in [0.2, 0.25) is 0 Å². The van der Waals surface area contributed by atoms with Gasteiger partial charge in [-0.1, -0.05) is 18.9 Å². The molecule has 0 saturated heterocycles. The van der Waals surface area contributed by atoms with Crippen molar-refractivity contribution in [3.05, 3.63) is 29.3 Å². The van der Waals surface area contributed by atoms with Crippen LogP contribution in [0.3, 0.4) is 0 Å². The van der Waals surface area contributed by atoms with Crippen LogP contribution in [-0.4, -0.2) is 19.6 Å². The molecule has 0 aromatic heterocycles. The number of aryl methyl sites for hydroxylation is 1.